The van der Waals surface area contributed by atoms with E-state index in [4.69, 9.17) is 0 Å². The molecule has 0 saturated heterocycles. The van der Waals surface area contributed by atoms with Gasteiger partial charge in [-0.2, -0.15) is 0 Å². The van der Waals surface area contributed by atoms with Gasteiger partial charge in [0.2, 0.25) is 0 Å². The molecule has 68 valence electrons. The summed E-state index contributed by atoms with van der Waals surface area (Å²) in [6.07, 6.45) is 10.9. The van der Waals surface area contributed by atoms with Crippen molar-refractivity contribution in [3.05, 3.63) is 58.8 Å². The Hall–Kier alpha value is -1.08. The van der Waals surface area contributed by atoms with Crippen LogP contribution in [0.3, 0.4) is 0 Å². The molecule has 1 aromatic heterocycles. The van der Waals surface area contributed by atoms with Crippen LogP contribution in [-0.2, 0) is 6.42 Å². The molecule has 0 aromatic carbocycles. The van der Waals surface area contributed by atoms with E-state index in [0.717, 1.165) is 6.42 Å². The molecule has 1 heteroatoms. The number of hydrogen-bond acceptors (Lipinski definition) is 1. The van der Waals surface area contributed by atoms with E-state index in [9.17, 15) is 0 Å². The van der Waals surface area contributed by atoms with Gasteiger partial charge in [0.15, 0.2) is 0 Å². The van der Waals surface area contributed by atoms with Crippen LogP contribution < -0.4 is 0 Å². The van der Waals surface area contributed by atoms with Crippen LogP contribution in [0.2, 0.25) is 0 Å². The van der Waals surface area contributed by atoms with E-state index in [0.29, 0.717) is 0 Å². The van der Waals surface area contributed by atoms with Crippen molar-refractivity contribution in [2.24, 2.45) is 0 Å². The first-order valence-corrected chi connectivity index (χ1v) is 5.14. The van der Waals surface area contributed by atoms with E-state index < -0.39 is 0 Å². The molecule has 0 spiro atoms. The third-order valence-electron chi connectivity index (χ3n) is 1.61. The van der Waals surface area contributed by atoms with Crippen molar-refractivity contribution in [2.45, 2.75) is 13.3 Å². The molecule has 0 aliphatic heterocycles. The summed E-state index contributed by atoms with van der Waals surface area (Å²) >= 11 is 1.86. The van der Waals surface area contributed by atoms with Gasteiger partial charge < -0.3 is 0 Å². The maximum atomic E-state index is 3.60. The summed E-state index contributed by atoms with van der Waals surface area (Å²) in [5.74, 6) is 0. The van der Waals surface area contributed by atoms with Gasteiger partial charge in [0.05, 0.1) is 0 Å². The number of hydrogen-bond donors (Lipinski definition) is 0. The summed E-state index contributed by atoms with van der Waals surface area (Å²) in [7, 11) is 0. The molecular weight excluding hydrogens is 176 g/mol. The molecule has 0 amide bonds. The Morgan fingerprint density at radius 3 is 2.77 bits per heavy atom. The van der Waals surface area contributed by atoms with Crippen LogP contribution in [0.15, 0.2) is 49.1 Å². The van der Waals surface area contributed by atoms with Gasteiger partial charge in [-0.05, 0) is 19.1 Å². The second-order valence-corrected chi connectivity index (χ2v) is 4.14. The Labute approximate surface area is 83.9 Å². The zero-order chi connectivity index (χ0) is 9.52. The van der Waals surface area contributed by atoms with Gasteiger partial charge in [0.1, 0.15) is 0 Å². The Kier molecular flexibility index (Phi) is 4.27. The highest BCUT2D eigenvalue weighted by Gasteiger charge is 1.91. The highest BCUT2D eigenvalue weighted by Crippen LogP contribution is 2.15. The van der Waals surface area contributed by atoms with E-state index in [1.54, 1.807) is 6.08 Å². The van der Waals surface area contributed by atoms with E-state index in [1.807, 2.05) is 23.5 Å². The summed E-state index contributed by atoms with van der Waals surface area (Å²) in [6, 6.07) is 4.34. The predicted octanol–water partition coefficient (Wildman–Crippen LogP) is 3.90. The fourth-order valence-electron chi connectivity index (χ4n) is 1.00. The predicted molar refractivity (Wildman–Crippen MR) is 61.2 cm³/mol. The Bertz CT molecular complexity index is 316. The third kappa shape index (κ3) is 3.90. The van der Waals surface area contributed by atoms with Gasteiger partial charge in [-0.15, -0.1) is 11.3 Å². The number of thiophene rings is 1. The molecule has 0 fully saturated rings. The molecule has 0 radical (unpaired) electrons. The summed E-state index contributed by atoms with van der Waals surface area (Å²) in [6.45, 7) is 5.74. The molecule has 0 N–H and O–H groups in total. The minimum absolute atomic E-state index is 1.03. The first kappa shape index (κ1) is 10.0. The fourth-order valence-corrected chi connectivity index (χ4v) is 1.87. The van der Waals surface area contributed by atoms with Crippen LogP contribution >= 0.6 is 11.3 Å². The molecule has 0 aliphatic rings. The standard InChI is InChI=1S/C12H14S/c1-3-4-5-6-7-8-12-10-9-11(2)13-12/h3-7,9-10H,1,8H2,2H3/b5-4-,7-6-. The van der Waals surface area contributed by atoms with Crippen LogP contribution in [-0.4, -0.2) is 0 Å². The average Bonchev–Trinajstić information content (AvgIpc) is 2.51. The van der Waals surface area contributed by atoms with Crippen molar-refractivity contribution in [1.82, 2.24) is 0 Å². The molecule has 0 nitrogen and oxygen atoms in total. The lowest BCUT2D eigenvalue weighted by molar-refractivity contribution is 1.34. The van der Waals surface area contributed by atoms with Gasteiger partial charge in [-0.3, -0.25) is 0 Å². The van der Waals surface area contributed by atoms with Crippen LogP contribution in [0.5, 0.6) is 0 Å². The van der Waals surface area contributed by atoms with E-state index in [1.165, 1.54) is 9.75 Å². The third-order valence-corrected chi connectivity index (χ3v) is 2.63. The molecule has 13 heavy (non-hydrogen) atoms. The van der Waals surface area contributed by atoms with Crippen LogP contribution in [0, 0.1) is 6.92 Å². The topological polar surface area (TPSA) is 0 Å². The Morgan fingerprint density at radius 2 is 2.15 bits per heavy atom. The van der Waals surface area contributed by atoms with Gasteiger partial charge in [-0.1, -0.05) is 37.0 Å². The SMILES string of the molecule is C=C/C=C\C=C/Cc1ccc(C)s1. The zero-order valence-corrected chi connectivity index (χ0v) is 8.68. The molecule has 1 rings (SSSR count). The summed E-state index contributed by atoms with van der Waals surface area (Å²) in [4.78, 5) is 2.80. The normalized spacial score (nSPS) is 11.5. The molecule has 0 bridgehead atoms. The number of aryl methyl sites for hydroxylation is 1. The summed E-state index contributed by atoms with van der Waals surface area (Å²) in [5.41, 5.74) is 0. The van der Waals surface area contributed by atoms with Gasteiger partial charge >= 0.3 is 0 Å². The van der Waals surface area contributed by atoms with Crippen molar-refractivity contribution in [2.75, 3.05) is 0 Å². The second kappa shape index (κ2) is 5.55. The molecule has 1 aromatic rings. The van der Waals surface area contributed by atoms with Crippen molar-refractivity contribution < 1.29 is 0 Å². The Balaban J connectivity index is 2.38. The first-order valence-electron chi connectivity index (χ1n) is 4.32. The van der Waals surface area contributed by atoms with Crippen LogP contribution in [0.4, 0.5) is 0 Å². The molecule has 0 unspecified atom stereocenters. The molecule has 0 atom stereocenters. The Morgan fingerprint density at radius 1 is 1.31 bits per heavy atom. The minimum atomic E-state index is 1.03. The van der Waals surface area contributed by atoms with Gasteiger partial charge in [0, 0.05) is 16.2 Å². The highest BCUT2D eigenvalue weighted by molar-refractivity contribution is 7.11. The second-order valence-electron chi connectivity index (χ2n) is 2.77. The largest absolute Gasteiger partial charge is 0.145 e. The monoisotopic (exact) mass is 190 g/mol. The minimum Gasteiger partial charge on any atom is -0.145 e. The van der Waals surface area contributed by atoms with E-state index in [-0.39, 0.29) is 0 Å². The lowest BCUT2D eigenvalue weighted by Gasteiger charge is -1.85. The maximum Gasteiger partial charge on any atom is 0.00858 e. The lowest BCUT2D eigenvalue weighted by atomic mass is 10.3. The summed E-state index contributed by atoms with van der Waals surface area (Å²) < 4.78 is 0. The van der Waals surface area contributed by atoms with Crippen LogP contribution in [0.1, 0.15) is 9.75 Å². The molecule has 0 aliphatic carbocycles. The van der Waals surface area contributed by atoms with E-state index in [2.05, 4.69) is 37.8 Å². The van der Waals surface area contributed by atoms with Crippen molar-refractivity contribution in [3.8, 4) is 0 Å². The lowest BCUT2D eigenvalue weighted by Crippen LogP contribution is -1.69. The number of allylic oxidation sites excluding steroid dienone is 5. The maximum absolute atomic E-state index is 3.60. The number of rotatable bonds is 4. The zero-order valence-electron chi connectivity index (χ0n) is 7.86. The highest BCUT2D eigenvalue weighted by atomic mass is 32.1. The first-order chi connectivity index (χ1) is 6.33. The fraction of sp³-hybridized carbons (Fsp3) is 0.167. The quantitative estimate of drug-likeness (QED) is 0.632. The average molecular weight is 190 g/mol. The summed E-state index contributed by atoms with van der Waals surface area (Å²) in [5, 5.41) is 0. The van der Waals surface area contributed by atoms with Gasteiger partial charge in [0.25, 0.3) is 0 Å². The van der Waals surface area contributed by atoms with Crippen LogP contribution in [0.25, 0.3) is 0 Å². The van der Waals surface area contributed by atoms with Gasteiger partial charge in [-0.25, -0.2) is 0 Å². The molecule has 1 heterocycles. The molecule has 0 saturated carbocycles. The molecular formula is C12H14S. The van der Waals surface area contributed by atoms with Crippen molar-refractivity contribution in [3.63, 3.8) is 0 Å². The van der Waals surface area contributed by atoms with Crippen molar-refractivity contribution in [1.29, 1.82) is 0 Å². The smallest absolute Gasteiger partial charge is 0.00858 e. The van der Waals surface area contributed by atoms with Crippen molar-refractivity contribution >= 4 is 11.3 Å². The van der Waals surface area contributed by atoms with E-state index >= 15 is 0 Å².